The summed E-state index contributed by atoms with van der Waals surface area (Å²) in [6, 6.07) is 0.145. The Hall–Kier alpha value is -1.10. The molecule has 3 aliphatic rings. The van der Waals surface area contributed by atoms with Crippen molar-refractivity contribution >= 4 is 11.8 Å². The Bertz CT molecular complexity index is 399. The molecular formula is C15H25N3O2. The SMILES string of the molecule is CCN1CCCC(N2CCC(=O)N3CCCC3C2=O)C1. The molecule has 112 valence electrons. The summed E-state index contributed by atoms with van der Waals surface area (Å²) in [5, 5.41) is 0. The van der Waals surface area contributed by atoms with Gasteiger partial charge in [0.25, 0.3) is 0 Å². The maximum Gasteiger partial charge on any atom is 0.245 e. The minimum Gasteiger partial charge on any atom is -0.336 e. The molecule has 0 aromatic rings. The molecule has 5 heteroatoms. The minimum absolute atomic E-state index is 0.165. The molecule has 0 spiro atoms. The first kappa shape index (κ1) is 13.9. The Kier molecular flexibility index (Phi) is 3.96. The fraction of sp³-hybridized carbons (Fsp3) is 0.867. The molecule has 0 aromatic carbocycles. The van der Waals surface area contributed by atoms with Crippen molar-refractivity contribution in [3.8, 4) is 0 Å². The van der Waals surface area contributed by atoms with Crippen LogP contribution in [0.25, 0.3) is 0 Å². The third kappa shape index (κ3) is 2.43. The van der Waals surface area contributed by atoms with Gasteiger partial charge in [-0.1, -0.05) is 6.92 Å². The van der Waals surface area contributed by atoms with Gasteiger partial charge in [0.1, 0.15) is 6.04 Å². The number of likely N-dealkylation sites (tertiary alicyclic amines) is 1. The lowest BCUT2D eigenvalue weighted by molar-refractivity contribution is -0.141. The van der Waals surface area contributed by atoms with E-state index in [1.165, 1.54) is 0 Å². The monoisotopic (exact) mass is 279 g/mol. The molecule has 0 radical (unpaired) electrons. The molecule has 3 saturated heterocycles. The van der Waals surface area contributed by atoms with Crippen molar-refractivity contribution < 1.29 is 9.59 Å². The van der Waals surface area contributed by atoms with E-state index in [-0.39, 0.29) is 17.9 Å². The lowest BCUT2D eigenvalue weighted by atomic mass is 10.0. The van der Waals surface area contributed by atoms with E-state index in [0.29, 0.717) is 19.0 Å². The maximum absolute atomic E-state index is 12.8. The highest BCUT2D eigenvalue weighted by molar-refractivity contribution is 5.90. The molecule has 0 bridgehead atoms. The van der Waals surface area contributed by atoms with Crippen molar-refractivity contribution in [3.05, 3.63) is 0 Å². The number of rotatable bonds is 2. The molecule has 2 atom stereocenters. The maximum atomic E-state index is 12.8. The van der Waals surface area contributed by atoms with Crippen molar-refractivity contribution in [2.75, 3.05) is 32.7 Å². The molecule has 0 aliphatic carbocycles. The van der Waals surface area contributed by atoms with Crippen LogP contribution in [0.2, 0.25) is 0 Å². The van der Waals surface area contributed by atoms with Crippen LogP contribution in [0.5, 0.6) is 0 Å². The number of hydrogen-bond donors (Lipinski definition) is 0. The molecule has 2 unspecified atom stereocenters. The van der Waals surface area contributed by atoms with Crippen molar-refractivity contribution in [1.82, 2.24) is 14.7 Å². The van der Waals surface area contributed by atoms with Crippen LogP contribution in [0.4, 0.5) is 0 Å². The number of hydrogen-bond acceptors (Lipinski definition) is 3. The van der Waals surface area contributed by atoms with Crippen LogP contribution in [0.15, 0.2) is 0 Å². The Balaban J connectivity index is 1.75. The second-order valence-electron chi connectivity index (χ2n) is 6.22. The lowest BCUT2D eigenvalue weighted by Gasteiger charge is -2.39. The van der Waals surface area contributed by atoms with Gasteiger partial charge >= 0.3 is 0 Å². The Labute approximate surface area is 120 Å². The Morgan fingerprint density at radius 1 is 1.05 bits per heavy atom. The van der Waals surface area contributed by atoms with E-state index < -0.39 is 0 Å². The van der Waals surface area contributed by atoms with Gasteiger partial charge in [0.05, 0.1) is 0 Å². The zero-order chi connectivity index (χ0) is 14.1. The summed E-state index contributed by atoms with van der Waals surface area (Å²) in [6.45, 7) is 6.73. The molecule has 3 aliphatic heterocycles. The predicted molar refractivity (Wildman–Crippen MR) is 76.2 cm³/mol. The van der Waals surface area contributed by atoms with E-state index >= 15 is 0 Å². The summed E-state index contributed by atoms with van der Waals surface area (Å²) >= 11 is 0. The summed E-state index contributed by atoms with van der Waals surface area (Å²) in [5.74, 6) is 0.378. The lowest BCUT2D eigenvalue weighted by Crippen LogP contribution is -2.53. The summed E-state index contributed by atoms with van der Waals surface area (Å²) in [6.07, 6.45) is 4.58. The molecule has 3 rings (SSSR count). The quantitative estimate of drug-likeness (QED) is 0.747. The number of fused-ring (bicyclic) bond motifs is 1. The van der Waals surface area contributed by atoms with Gasteiger partial charge < -0.3 is 14.7 Å². The summed E-state index contributed by atoms with van der Waals surface area (Å²) in [5.41, 5.74) is 0. The average molecular weight is 279 g/mol. The number of carbonyl (C=O) groups excluding carboxylic acids is 2. The van der Waals surface area contributed by atoms with Crippen molar-refractivity contribution in [2.24, 2.45) is 0 Å². The average Bonchev–Trinajstić information content (AvgIpc) is 2.93. The number of nitrogens with zero attached hydrogens (tertiary/aromatic N) is 3. The predicted octanol–water partition coefficient (Wildman–Crippen LogP) is 0.694. The smallest absolute Gasteiger partial charge is 0.245 e. The van der Waals surface area contributed by atoms with E-state index in [0.717, 1.165) is 51.9 Å². The van der Waals surface area contributed by atoms with Gasteiger partial charge in [-0.2, -0.15) is 0 Å². The van der Waals surface area contributed by atoms with Crippen LogP contribution in [0, 0.1) is 0 Å². The van der Waals surface area contributed by atoms with Crippen molar-refractivity contribution in [1.29, 1.82) is 0 Å². The number of likely N-dealkylation sites (N-methyl/N-ethyl adjacent to an activating group) is 1. The molecule has 2 amide bonds. The van der Waals surface area contributed by atoms with Crippen LogP contribution in [0.3, 0.4) is 0 Å². The minimum atomic E-state index is -0.165. The Morgan fingerprint density at radius 3 is 2.65 bits per heavy atom. The van der Waals surface area contributed by atoms with Gasteiger partial charge in [-0.25, -0.2) is 0 Å². The summed E-state index contributed by atoms with van der Waals surface area (Å²) in [7, 11) is 0. The molecule has 5 nitrogen and oxygen atoms in total. The summed E-state index contributed by atoms with van der Waals surface area (Å²) < 4.78 is 0. The summed E-state index contributed by atoms with van der Waals surface area (Å²) in [4.78, 5) is 31.2. The fourth-order valence-corrected chi connectivity index (χ4v) is 3.92. The van der Waals surface area contributed by atoms with E-state index in [2.05, 4.69) is 11.8 Å². The van der Waals surface area contributed by atoms with Crippen LogP contribution in [0.1, 0.15) is 39.0 Å². The molecule has 0 aromatic heterocycles. The fourth-order valence-electron chi connectivity index (χ4n) is 3.92. The highest BCUT2D eigenvalue weighted by Crippen LogP contribution is 2.26. The molecular weight excluding hydrogens is 254 g/mol. The molecule has 20 heavy (non-hydrogen) atoms. The van der Waals surface area contributed by atoms with Crippen LogP contribution in [-0.2, 0) is 9.59 Å². The first-order chi connectivity index (χ1) is 9.70. The Morgan fingerprint density at radius 2 is 1.85 bits per heavy atom. The van der Waals surface area contributed by atoms with Gasteiger partial charge in [-0.15, -0.1) is 0 Å². The third-order valence-corrected chi connectivity index (χ3v) is 5.08. The number of piperidine rings is 1. The van der Waals surface area contributed by atoms with E-state index in [9.17, 15) is 9.59 Å². The highest BCUT2D eigenvalue weighted by Gasteiger charge is 2.41. The van der Waals surface area contributed by atoms with Gasteiger partial charge in [0, 0.05) is 32.1 Å². The number of carbonyl (C=O) groups is 2. The molecule has 0 saturated carbocycles. The van der Waals surface area contributed by atoms with Gasteiger partial charge in [-0.05, 0) is 38.8 Å². The van der Waals surface area contributed by atoms with E-state index in [1.54, 1.807) is 0 Å². The second-order valence-corrected chi connectivity index (χ2v) is 6.22. The third-order valence-electron chi connectivity index (χ3n) is 5.08. The van der Waals surface area contributed by atoms with Gasteiger partial charge in [0.2, 0.25) is 11.8 Å². The largest absolute Gasteiger partial charge is 0.336 e. The molecule has 0 N–H and O–H groups in total. The standard InChI is InChI=1S/C15H25N3O2/c1-2-16-8-3-5-12(11-16)17-10-7-14(19)18-9-4-6-13(18)15(17)20/h12-13H,2-11H2,1H3. The first-order valence-electron chi connectivity index (χ1n) is 8.03. The zero-order valence-electron chi connectivity index (χ0n) is 12.4. The molecule has 3 heterocycles. The van der Waals surface area contributed by atoms with Gasteiger partial charge in [-0.3, -0.25) is 9.59 Å². The zero-order valence-corrected chi connectivity index (χ0v) is 12.4. The number of amides is 2. The second kappa shape index (κ2) is 5.72. The van der Waals surface area contributed by atoms with Gasteiger partial charge in [0.15, 0.2) is 0 Å². The van der Waals surface area contributed by atoms with Crippen LogP contribution < -0.4 is 0 Å². The van der Waals surface area contributed by atoms with Crippen LogP contribution >= 0.6 is 0 Å². The van der Waals surface area contributed by atoms with Crippen molar-refractivity contribution in [2.45, 2.75) is 51.1 Å². The van der Waals surface area contributed by atoms with E-state index in [4.69, 9.17) is 0 Å². The molecule has 3 fully saturated rings. The normalized spacial score (nSPS) is 32.5. The highest BCUT2D eigenvalue weighted by atomic mass is 16.2. The van der Waals surface area contributed by atoms with Crippen LogP contribution in [-0.4, -0.2) is 71.3 Å². The van der Waals surface area contributed by atoms with Crippen molar-refractivity contribution in [3.63, 3.8) is 0 Å². The first-order valence-corrected chi connectivity index (χ1v) is 8.03. The van der Waals surface area contributed by atoms with E-state index in [1.807, 2.05) is 9.80 Å². The topological polar surface area (TPSA) is 43.9 Å².